The number of hydrogen-bond acceptors (Lipinski definition) is 4. The van der Waals surface area contributed by atoms with E-state index in [4.69, 9.17) is 9.47 Å². The average Bonchev–Trinajstić information content (AvgIpc) is 2.70. The quantitative estimate of drug-likeness (QED) is 0.389. The lowest BCUT2D eigenvalue weighted by atomic mass is 10.2. The van der Waals surface area contributed by atoms with Crippen LogP contribution >= 0.6 is 0 Å². The van der Waals surface area contributed by atoms with Crippen LogP contribution in [0.3, 0.4) is 0 Å². The average molecular weight is 356 g/mol. The third kappa shape index (κ3) is 7.53. The van der Waals surface area contributed by atoms with E-state index in [9.17, 15) is 0 Å². The van der Waals surface area contributed by atoms with Gasteiger partial charge in [-0.2, -0.15) is 0 Å². The molecule has 2 N–H and O–H groups in total. The third-order valence-electron chi connectivity index (χ3n) is 3.66. The van der Waals surface area contributed by atoms with E-state index in [1.54, 1.807) is 13.3 Å². The van der Waals surface area contributed by atoms with Crippen LogP contribution in [0.25, 0.3) is 0 Å². The highest BCUT2D eigenvalue weighted by Gasteiger charge is 1.99. The Bertz CT molecular complexity index is 645. The number of methoxy groups -OCH3 is 1. The Labute approximate surface area is 155 Å². The number of guanidine groups is 1. The van der Waals surface area contributed by atoms with Crippen molar-refractivity contribution in [3.05, 3.63) is 59.9 Å². The summed E-state index contributed by atoms with van der Waals surface area (Å²) < 4.78 is 10.9. The van der Waals surface area contributed by atoms with Crippen LogP contribution < -0.4 is 15.4 Å². The van der Waals surface area contributed by atoms with Gasteiger partial charge in [-0.3, -0.25) is 4.98 Å². The fourth-order valence-electron chi connectivity index (χ4n) is 2.29. The van der Waals surface area contributed by atoms with E-state index in [2.05, 4.69) is 27.5 Å². The maximum absolute atomic E-state index is 5.71. The van der Waals surface area contributed by atoms with Crippen LogP contribution in [0, 0.1) is 0 Å². The van der Waals surface area contributed by atoms with E-state index in [0.717, 1.165) is 42.5 Å². The molecule has 1 aromatic carbocycles. The highest BCUT2D eigenvalue weighted by molar-refractivity contribution is 5.79. The second-order valence-corrected chi connectivity index (χ2v) is 5.70. The molecule has 0 radical (unpaired) electrons. The normalized spacial score (nSPS) is 11.2. The van der Waals surface area contributed by atoms with Gasteiger partial charge in [-0.15, -0.1) is 0 Å². The van der Waals surface area contributed by atoms with E-state index in [0.29, 0.717) is 19.8 Å². The molecule has 0 aliphatic rings. The summed E-state index contributed by atoms with van der Waals surface area (Å²) in [7, 11) is 1.67. The van der Waals surface area contributed by atoms with Crippen molar-refractivity contribution in [2.45, 2.75) is 26.5 Å². The number of nitrogens with zero attached hydrogens (tertiary/aromatic N) is 2. The summed E-state index contributed by atoms with van der Waals surface area (Å²) in [4.78, 5) is 8.83. The van der Waals surface area contributed by atoms with Gasteiger partial charge in [0.15, 0.2) is 5.96 Å². The summed E-state index contributed by atoms with van der Waals surface area (Å²) in [5.41, 5.74) is 2.09. The van der Waals surface area contributed by atoms with Gasteiger partial charge in [0.25, 0.3) is 0 Å². The van der Waals surface area contributed by atoms with Crippen LogP contribution in [0.15, 0.2) is 53.7 Å². The van der Waals surface area contributed by atoms with Crippen LogP contribution in [0.4, 0.5) is 0 Å². The smallest absolute Gasteiger partial charge is 0.191 e. The van der Waals surface area contributed by atoms with Gasteiger partial charge in [-0.25, -0.2) is 4.99 Å². The zero-order valence-corrected chi connectivity index (χ0v) is 15.6. The number of aromatic nitrogens is 1. The van der Waals surface area contributed by atoms with Crippen molar-refractivity contribution in [1.29, 1.82) is 0 Å². The molecule has 0 spiro atoms. The Morgan fingerprint density at radius 1 is 1.12 bits per heavy atom. The first-order valence-electron chi connectivity index (χ1n) is 8.94. The van der Waals surface area contributed by atoms with Crippen LogP contribution in [0.5, 0.6) is 5.75 Å². The molecule has 0 saturated carbocycles. The molecule has 0 aliphatic heterocycles. The van der Waals surface area contributed by atoms with Crippen molar-refractivity contribution in [3.63, 3.8) is 0 Å². The molecule has 0 unspecified atom stereocenters. The standard InChI is InChI=1S/C20H28N4O2/c1-3-21-20(24-15-18-7-4-5-12-22-18)23-13-6-14-26-16-17-8-10-19(25-2)11-9-17/h4-5,7-12H,3,6,13-16H2,1-2H3,(H2,21,23,24). The van der Waals surface area contributed by atoms with Crippen LogP contribution in [-0.4, -0.2) is 37.7 Å². The van der Waals surface area contributed by atoms with Gasteiger partial charge in [-0.1, -0.05) is 18.2 Å². The third-order valence-corrected chi connectivity index (χ3v) is 3.66. The molecule has 0 amide bonds. The molecule has 140 valence electrons. The number of hydrogen-bond donors (Lipinski definition) is 2. The predicted octanol–water partition coefficient (Wildman–Crippen LogP) is 2.75. The molecule has 1 heterocycles. The Morgan fingerprint density at radius 2 is 1.96 bits per heavy atom. The Kier molecular flexibility index (Phi) is 9.00. The molecular weight excluding hydrogens is 328 g/mol. The number of aliphatic imine (C=N–C) groups is 1. The molecule has 1 aromatic heterocycles. The molecule has 0 saturated heterocycles. The number of benzene rings is 1. The fraction of sp³-hybridized carbons (Fsp3) is 0.400. The molecule has 2 aromatic rings. The lowest BCUT2D eigenvalue weighted by molar-refractivity contribution is 0.119. The first-order valence-corrected chi connectivity index (χ1v) is 8.94. The largest absolute Gasteiger partial charge is 0.497 e. The fourth-order valence-corrected chi connectivity index (χ4v) is 2.29. The van der Waals surface area contributed by atoms with Crippen molar-refractivity contribution in [2.24, 2.45) is 4.99 Å². The lowest BCUT2D eigenvalue weighted by Gasteiger charge is -2.11. The Hall–Kier alpha value is -2.60. The van der Waals surface area contributed by atoms with Crippen molar-refractivity contribution < 1.29 is 9.47 Å². The maximum atomic E-state index is 5.71. The molecule has 2 rings (SSSR count). The topological polar surface area (TPSA) is 67.8 Å². The van der Waals surface area contributed by atoms with Crippen molar-refractivity contribution in [3.8, 4) is 5.75 Å². The molecule has 0 bridgehead atoms. The summed E-state index contributed by atoms with van der Waals surface area (Å²) in [6, 6.07) is 13.8. The van der Waals surface area contributed by atoms with Gasteiger partial charge in [0.05, 0.1) is 26.0 Å². The van der Waals surface area contributed by atoms with Gasteiger partial charge < -0.3 is 20.1 Å². The van der Waals surface area contributed by atoms with Gasteiger partial charge in [0, 0.05) is 25.9 Å². The predicted molar refractivity (Wildman–Crippen MR) is 104 cm³/mol. The molecule has 6 nitrogen and oxygen atoms in total. The molecule has 0 aliphatic carbocycles. The number of nitrogens with one attached hydrogen (secondary N) is 2. The minimum absolute atomic E-state index is 0.560. The first-order chi connectivity index (χ1) is 12.8. The Morgan fingerprint density at radius 3 is 2.65 bits per heavy atom. The monoisotopic (exact) mass is 356 g/mol. The van der Waals surface area contributed by atoms with E-state index in [1.807, 2.05) is 42.5 Å². The van der Waals surface area contributed by atoms with E-state index in [-0.39, 0.29) is 0 Å². The van der Waals surface area contributed by atoms with Gasteiger partial charge in [0.2, 0.25) is 0 Å². The molecular formula is C20H28N4O2. The summed E-state index contributed by atoms with van der Waals surface area (Å²) in [5, 5.41) is 6.56. The second-order valence-electron chi connectivity index (χ2n) is 5.70. The van der Waals surface area contributed by atoms with Crippen LogP contribution in [0.2, 0.25) is 0 Å². The van der Waals surface area contributed by atoms with Gasteiger partial charge >= 0.3 is 0 Å². The minimum atomic E-state index is 0.560. The zero-order chi connectivity index (χ0) is 18.5. The SMILES string of the molecule is CCNC(=NCc1ccccn1)NCCCOCc1ccc(OC)cc1. The summed E-state index contributed by atoms with van der Waals surface area (Å²) in [6.45, 7) is 5.54. The number of pyridine rings is 1. The number of rotatable bonds is 10. The molecule has 26 heavy (non-hydrogen) atoms. The number of ether oxygens (including phenoxy) is 2. The van der Waals surface area contributed by atoms with Gasteiger partial charge in [-0.05, 0) is 43.2 Å². The van der Waals surface area contributed by atoms with Crippen LogP contribution in [0.1, 0.15) is 24.6 Å². The summed E-state index contributed by atoms with van der Waals surface area (Å²) >= 11 is 0. The van der Waals surface area contributed by atoms with Crippen molar-refractivity contribution in [2.75, 3.05) is 26.8 Å². The Balaban J connectivity index is 1.64. The first kappa shape index (κ1) is 19.7. The molecule has 0 atom stereocenters. The van der Waals surface area contributed by atoms with Crippen LogP contribution in [-0.2, 0) is 17.9 Å². The highest BCUT2D eigenvalue weighted by atomic mass is 16.5. The zero-order valence-electron chi connectivity index (χ0n) is 15.6. The highest BCUT2D eigenvalue weighted by Crippen LogP contribution is 2.11. The van der Waals surface area contributed by atoms with Crippen molar-refractivity contribution >= 4 is 5.96 Å². The maximum Gasteiger partial charge on any atom is 0.191 e. The lowest BCUT2D eigenvalue weighted by Crippen LogP contribution is -2.38. The molecule has 0 fully saturated rings. The second kappa shape index (κ2) is 11.9. The van der Waals surface area contributed by atoms with E-state index in [1.165, 1.54) is 0 Å². The minimum Gasteiger partial charge on any atom is -0.497 e. The summed E-state index contributed by atoms with van der Waals surface area (Å²) in [6.07, 6.45) is 2.69. The van der Waals surface area contributed by atoms with E-state index < -0.39 is 0 Å². The van der Waals surface area contributed by atoms with E-state index >= 15 is 0 Å². The summed E-state index contributed by atoms with van der Waals surface area (Å²) in [5.74, 6) is 1.66. The van der Waals surface area contributed by atoms with Crippen molar-refractivity contribution in [1.82, 2.24) is 15.6 Å². The van der Waals surface area contributed by atoms with Gasteiger partial charge in [0.1, 0.15) is 5.75 Å². The molecule has 6 heteroatoms.